The van der Waals surface area contributed by atoms with Crippen molar-refractivity contribution in [2.75, 3.05) is 16.8 Å². The van der Waals surface area contributed by atoms with Crippen LogP contribution < -0.4 is 20.3 Å². The first kappa shape index (κ1) is 22.1. The van der Waals surface area contributed by atoms with Gasteiger partial charge in [0.25, 0.3) is 11.6 Å². The third-order valence-electron chi connectivity index (χ3n) is 6.23. The molecule has 1 atom stereocenters. The number of urea groups is 1. The molecule has 7 nitrogen and oxygen atoms in total. The van der Waals surface area contributed by atoms with Crippen molar-refractivity contribution in [3.05, 3.63) is 54.1 Å². The highest BCUT2D eigenvalue weighted by molar-refractivity contribution is 6.11. The van der Waals surface area contributed by atoms with Gasteiger partial charge in [-0.2, -0.15) is 0 Å². The highest BCUT2D eigenvalue weighted by Crippen LogP contribution is 2.40. The van der Waals surface area contributed by atoms with Crippen LogP contribution >= 0.6 is 0 Å². The standard InChI is InChI=1S/C25H31N3O4/c1-2-32-20-16-14-19(15-17-20)28-24(30)27-22-13-9-8-12-21(22)25(28,31)23(29)26-18-10-6-4-3-5-7-11-18/h8-9,12-18,31H,2-7,10-11H2,1H3,(H,26,29)(H,27,30)/t25-/m0/s1. The van der Waals surface area contributed by atoms with Crippen molar-refractivity contribution in [2.45, 2.75) is 63.6 Å². The van der Waals surface area contributed by atoms with Crippen LogP contribution in [-0.2, 0) is 10.5 Å². The van der Waals surface area contributed by atoms with E-state index in [-0.39, 0.29) is 6.04 Å². The molecule has 3 amide bonds. The lowest BCUT2D eigenvalue weighted by Gasteiger charge is -2.43. The molecule has 1 fully saturated rings. The number of amides is 3. The van der Waals surface area contributed by atoms with E-state index in [2.05, 4.69) is 10.6 Å². The van der Waals surface area contributed by atoms with Gasteiger partial charge in [0.1, 0.15) is 5.75 Å². The highest BCUT2D eigenvalue weighted by atomic mass is 16.5. The number of rotatable bonds is 5. The van der Waals surface area contributed by atoms with E-state index < -0.39 is 17.7 Å². The second kappa shape index (κ2) is 9.61. The number of carbonyl (C=O) groups is 2. The predicted octanol–water partition coefficient (Wildman–Crippen LogP) is 4.51. The molecule has 7 heteroatoms. The SMILES string of the molecule is CCOc1ccc(N2C(=O)Nc3ccccc3[C@]2(O)C(=O)NC2CCCCCCC2)cc1. The van der Waals surface area contributed by atoms with Crippen LogP contribution in [0, 0.1) is 0 Å². The second-order valence-corrected chi connectivity index (χ2v) is 8.43. The van der Waals surface area contributed by atoms with Crippen molar-refractivity contribution in [3.8, 4) is 5.75 Å². The summed E-state index contributed by atoms with van der Waals surface area (Å²) in [5, 5.41) is 17.8. The Labute approximate surface area is 188 Å². The number of hydrogen-bond acceptors (Lipinski definition) is 4. The van der Waals surface area contributed by atoms with E-state index in [1.807, 2.05) is 6.92 Å². The minimum atomic E-state index is -2.17. The molecule has 0 bridgehead atoms. The van der Waals surface area contributed by atoms with E-state index in [0.717, 1.165) is 43.4 Å². The molecule has 1 aliphatic carbocycles. The third-order valence-corrected chi connectivity index (χ3v) is 6.23. The number of ether oxygens (including phenoxy) is 1. The Morgan fingerprint density at radius 1 is 1.09 bits per heavy atom. The number of carbonyl (C=O) groups excluding carboxylic acids is 2. The van der Waals surface area contributed by atoms with E-state index >= 15 is 0 Å². The van der Waals surface area contributed by atoms with E-state index in [1.54, 1.807) is 48.5 Å². The van der Waals surface area contributed by atoms with Crippen LogP contribution in [0.3, 0.4) is 0 Å². The van der Waals surface area contributed by atoms with Gasteiger partial charge in [-0.25, -0.2) is 4.79 Å². The van der Waals surface area contributed by atoms with Crippen LogP contribution in [0.4, 0.5) is 16.2 Å². The minimum Gasteiger partial charge on any atom is -0.494 e. The average molecular weight is 438 g/mol. The van der Waals surface area contributed by atoms with Gasteiger partial charge in [-0.15, -0.1) is 0 Å². The molecular formula is C25H31N3O4. The molecule has 0 spiro atoms. The average Bonchev–Trinajstić information content (AvgIpc) is 2.77. The maximum atomic E-state index is 13.6. The summed E-state index contributed by atoms with van der Waals surface area (Å²) < 4.78 is 5.49. The van der Waals surface area contributed by atoms with Gasteiger partial charge >= 0.3 is 6.03 Å². The fourth-order valence-electron chi connectivity index (χ4n) is 4.61. The number of nitrogens with one attached hydrogen (secondary N) is 2. The molecule has 1 heterocycles. The maximum Gasteiger partial charge on any atom is 0.329 e. The number of aliphatic hydroxyl groups is 1. The van der Waals surface area contributed by atoms with Gasteiger partial charge < -0.3 is 20.5 Å². The Kier molecular flexibility index (Phi) is 6.65. The number of fused-ring (bicyclic) bond motifs is 1. The van der Waals surface area contributed by atoms with Crippen molar-refractivity contribution in [2.24, 2.45) is 0 Å². The summed E-state index contributed by atoms with van der Waals surface area (Å²) in [6.07, 6.45) is 7.37. The van der Waals surface area contributed by atoms with Gasteiger partial charge in [0.05, 0.1) is 12.3 Å². The molecule has 0 aromatic heterocycles. The number of anilines is 2. The molecule has 1 saturated carbocycles. The topological polar surface area (TPSA) is 90.9 Å². The number of hydrogen-bond donors (Lipinski definition) is 3. The fraction of sp³-hybridized carbons (Fsp3) is 0.440. The Balaban J connectivity index is 1.70. The molecule has 1 aliphatic heterocycles. The molecule has 3 N–H and O–H groups in total. The van der Waals surface area contributed by atoms with Crippen molar-refractivity contribution >= 4 is 23.3 Å². The van der Waals surface area contributed by atoms with Crippen molar-refractivity contribution in [3.63, 3.8) is 0 Å². The Morgan fingerprint density at radius 2 is 1.75 bits per heavy atom. The molecule has 0 saturated heterocycles. The predicted molar refractivity (Wildman–Crippen MR) is 124 cm³/mol. The number of benzene rings is 2. The van der Waals surface area contributed by atoms with Crippen LogP contribution in [0.5, 0.6) is 5.75 Å². The maximum absolute atomic E-state index is 13.6. The normalized spacial score (nSPS) is 21.7. The van der Waals surface area contributed by atoms with Gasteiger partial charge in [-0.05, 0) is 50.1 Å². The minimum absolute atomic E-state index is 0.0221. The summed E-state index contributed by atoms with van der Waals surface area (Å²) in [5.74, 6) is 0.0656. The Morgan fingerprint density at radius 3 is 2.44 bits per heavy atom. The molecule has 2 aliphatic rings. The van der Waals surface area contributed by atoms with E-state index in [0.29, 0.717) is 29.3 Å². The third kappa shape index (κ3) is 4.30. The lowest BCUT2D eigenvalue weighted by atomic mass is 9.92. The first-order valence-corrected chi connectivity index (χ1v) is 11.5. The summed E-state index contributed by atoms with van der Waals surface area (Å²) in [6.45, 7) is 2.41. The Hall–Kier alpha value is -3.06. The summed E-state index contributed by atoms with van der Waals surface area (Å²) in [5.41, 5.74) is -1.00. The van der Waals surface area contributed by atoms with Gasteiger partial charge in [-0.3, -0.25) is 9.69 Å². The van der Waals surface area contributed by atoms with Gasteiger partial charge in [0.2, 0.25) is 0 Å². The first-order valence-electron chi connectivity index (χ1n) is 11.5. The van der Waals surface area contributed by atoms with Gasteiger partial charge in [0, 0.05) is 17.3 Å². The summed E-state index contributed by atoms with van der Waals surface area (Å²) in [4.78, 5) is 27.9. The lowest BCUT2D eigenvalue weighted by molar-refractivity contribution is -0.141. The smallest absolute Gasteiger partial charge is 0.329 e. The second-order valence-electron chi connectivity index (χ2n) is 8.43. The monoisotopic (exact) mass is 437 g/mol. The van der Waals surface area contributed by atoms with Crippen molar-refractivity contribution in [1.29, 1.82) is 0 Å². The van der Waals surface area contributed by atoms with Gasteiger partial charge in [0.15, 0.2) is 0 Å². The molecule has 4 rings (SSSR count). The van der Waals surface area contributed by atoms with Crippen LogP contribution in [0.1, 0.15) is 57.4 Å². The number of nitrogens with zero attached hydrogens (tertiary/aromatic N) is 1. The van der Waals surface area contributed by atoms with Crippen LogP contribution in [0.25, 0.3) is 0 Å². The largest absolute Gasteiger partial charge is 0.494 e. The van der Waals surface area contributed by atoms with Crippen LogP contribution in [-0.4, -0.2) is 29.7 Å². The Bertz CT molecular complexity index is 954. The molecule has 32 heavy (non-hydrogen) atoms. The molecular weight excluding hydrogens is 406 g/mol. The highest BCUT2D eigenvalue weighted by Gasteiger charge is 2.52. The quantitative estimate of drug-likeness (QED) is 0.642. The summed E-state index contributed by atoms with van der Waals surface area (Å²) >= 11 is 0. The van der Waals surface area contributed by atoms with E-state index in [4.69, 9.17) is 4.74 Å². The summed E-state index contributed by atoms with van der Waals surface area (Å²) in [7, 11) is 0. The molecule has 170 valence electrons. The van der Waals surface area contributed by atoms with E-state index in [1.165, 1.54) is 6.42 Å². The van der Waals surface area contributed by atoms with E-state index in [9.17, 15) is 14.7 Å². The molecule has 0 radical (unpaired) electrons. The lowest BCUT2D eigenvalue weighted by Crippen LogP contribution is -2.63. The zero-order valence-electron chi connectivity index (χ0n) is 18.5. The van der Waals surface area contributed by atoms with Crippen molar-refractivity contribution in [1.82, 2.24) is 5.32 Å². The zero-order valence-corrected chi connectivity index (χ0v) is 18.5. The summed E-state index contributed by atoms with van der Waals surface area (Å²) in [6, 6.07) is 13.1. The van der Waals surface area contributed by atoms with Crippen LogP contribution in [0.2, 0.25) is 0 Å². The zero-order chi connectivity index (χ0) is 22.6. The fourth-order valence-corrected chi connectivity index (χ4v) is 4.61. The van der Waals surface area contributed by atoms with Crippen LogP contribution in [0.15, 0.2) is 48.5 Å². The number of para-hydroxylation sites is 1. The molecule has 0 unspecified atom stereocenters. The molecule has 2 aromatic carbocycles. The first-order chi connectivity index (χ1) is 15.5. The van der Waals surface area contributed by atoms with Crippen molar-refractivity contribution < 1.29 is 19.4 Å². The molecule has 2 aromatic rings. The van der Waals surface area contributed by atoms with Gasteiger partial charge in [-0.1, -0.05) is 50.3 Å².